The van der Waals surface area contributed by atoms with Crippen molar-refractivity contribution in [2.75, 3.05) is 0 Å². The van der Waals surface area contributed by atoms with Crippen molar-refractivity contribution >= 4 is 12.9 Å². The number of halogens is 4. The number of benzene rings is 2. The molecule has 1 aliphatic heterocycles. The Morgan fingerprint density at radius 3 is 2.13 bits per heavy atom. The van der Waals surface area contributed by atoms with Crippen LogP contribution in [0.3, 0.4) is 0 Å². The van der Waals surface area contributed by atoms with Crippen LogP contribution in [0.2, 0.25) is 0 Å². The lowest BCUT2D eigenvalue weighted by atomic mass is 9.87. The van der Waals surface area contributed by atoms with Crippen LogP contribution in [-0.4, -0.2) is 28.1 Å². The molecule has 2 aliphatic rings. The number of aromatic nitrogens is 3. The van der Waals surface area contributed by atoms with Crippen molar-refractivity contribution in [2.24, 2.45) is 0 Å². The Morgan fingerprint density at radius 2 is 1.62 bits per heavy atom. The van der Waals surface area contributed by atoms with E-state index in [-0.39, 0.29) is 22.8 Å². The van der Waals surface area contributed by atoms with E-state index in [1.54, 1.807) is 12.1 Å². The highest BCUT2D eigenvalue weighted by Crippen LogP contribution is 2.39. The fourth-order valence-corrected chi connectivity index (χ4v) is 5.36. The lowest BCUT2D eigenvalue weighted by Gasteiger charge is -2.23. The summed E-state index contributed by atoms with van der Waals surface area (Å²) in [5.41, 5.74) is 7.26. The van der Waals surface area contributed by atoms with Gasteiger partial charge in [-0.15, -0.1) is 0 Å². The predicted octanol–water partition coefficient (Wildman–Crippen LogP) is 6.78. The maximum Gasteiger partial charge on any atom is 0.673 e. The van der Waals surface area contributed by atoms with Crippen molar-refractivity contribution in [2.45, 2.75) is 84.5 Å². The minimum atomic E-state index is -6.00. The van der Waals surface area contributed by atoms with Crippen LogP contribution in [-0.2, 0) is 17.8 Å². The quantitative estimate of drug-likeness (QED) is 0.116. The van der Waals surface area contributed by atoms with E-state index in [2.05, 4.69) is 64.6 Å². The molecule has 0 saturated heterocycles. The molecular weight excluding hydrogens is 515 g/mol. The first kappa shape index (κ1) is 28.7. The maximum absolute atomic E-state index is 11.4. The molecule has 2 atom stereocenters. The van der Waals surface area contributed by atoms with Crippen molar-refractivity contribution < 1.29 is 31.5 Å². The summed E-state index contributed by atoms with van der Waals surface area (Å²) < 4.78 is 49.4. The molecule has 5 rings (SSSR count). The third-order valence-corrected chi connectivity index (χ3v) is 7.24. The second-order valence-corrected chi connectivity index (χ2v) is 11.0. The first-order valence-electron chi connectivity index (χ1n) is 13.1. The molecule has 0 fully saturated rings. The summed E-state index contributed by atoms with van der Waals surface area (Å²) in [5, 5.41) is 16.4. The molecule has 0 amide bonds. The van der Waals surface area contributed by atoms with Gasteiger partial charge in [-0.3, -0.25) is 10.1 Å². The van der Waals surface area contributed by atoms with Crippen molar-refractivity contribution in [3.05, 3.63) is 80.4 Å². The molecule has 0 spiro atoms. The summed E-state index contributed by atoms with van der Waals surface area (Å²) in [7, 11) is -6.00. The molecule has 7 nitrogen and oxygen atoms in total. The number of rotatable bonds is 5. The molecule has 2 aromatic carbocycles. The normalized spacial score (nSPS) is 18.1. The molecule has 0 unspecified atom stereocenters. The maximum atomic E-state index is 11.4. The van der Waals surface area contributed by atoms with Crippen LogP contribution in [0, 0.1) is 10.1 Å². The minimum absolute atomic E-state index is 0.0374. The first-order chi connectivity index (χ1) is 18.2. The van der Waals surface area contributed by atoms with Gasteiger partial charge in [-0.1, -0.05) is 64.4 Å². The van der Waals surface area contributed by atoms with Crippen molar-refractivity contribution in [3.63, 3.8) is 0 Å². The molecule has 0 bridgehead atoms. The second-order valence-electron chi connectivity index (χ2n) is 11.0. The SMILES string of the molecule is CC(C)c1cc(C(C)C)c(-n2c[n+]3c(n2)CO[C@H]2Cc4ccc([N+](=O)[O-])cc4[C@H]23)c(C(C)C)c1.F[B-](F)(F)F. The Kier molecular flexibility index (Phi) is 7.89. The van der Waals surface area contributed by atoms with E-state index in [1.807, 2.05) is 10.7 Å². The van der Waals surface area contributed by atoms with Gasteiger partial charge in [0.25, 0.3) is 5.69 Å². The predicted molar refractivity (Wildman–Crippen MR) is 140 cm³/mol. The Labute approximate surface area is 225 Å². The fourth-order valence-electron chi connectivity index (χ4n) is 5.36. The molecule has 12 heteroatoms. The van der Waals surface area contributed by atoms with Crippen LogP contribution >= 0.6 is 0 Å². The smallest absolute Gasteiger partial charge is 0.418 e. The fraction of sp³-hybridized carbons (Fsp3) is 0.481. The Balaban J connectivity index is 0.000000648. The van der Waals surface area contributed by atoms with Gasteiger partial charge in [-0.2, -0.15) is 0 Å². The second kappa shape index (κ2) is 10.7. The van der Waals surface area contributed by atoms with Crippen LogP contribution in [0.4, 0.5) is 23.0 Å². The number of nitro benzene ring substituents is 1. The topological polar surface area (TPSA) is 74.1 Å². The van der Waals surface area contributed by atoms with E-state index in [4.69, 9.17) is 9.84 Å². The monoisotopic (exact) mass is 548 g/mol. The van der Waals surface area contributed by atoms with Crippen LogP contribution in [0.25, 0.3) is 5.69 Å². The molecule has 0 N–H and O–H groups in total. The van der Waals surface area contributed by atoms with Crippen molar-refractivity contribution in [1.29, 1.82) is 0 Å². The van der Waals surface area contributed by atoms with Crippen molar-refractivity contribution in [3.8, 4) is 5.69 Å². The molecule has 3 aromatic rings. The lowest BCUT2D eigenvalue weighted by Crippen LogP contribution is -2.51. The molecule has 1 aliphatic carbocycles. The number of fused-ring (bicyclic) bond motifs is 5. The summed E-state index contributed by atoms with van der Waals surface area (Å²) in [6.45, 7) is 13.8. The van der Waals surface area contributed by atoms with Crippen LogP contribution in [0.5, 0.6) is 0 Å². The van der Waals surface area contributed by atoms with E-state index in [9.17, 15) is 27.4 Å². The van der Waals surface area contributed by atoms with Gasteiger partial charge in [-0.05, 0) is 40.0 Å². The van der Waals surface area contributed by atoms with Gasteiger partial charge in [0.15, 0.2) is 0 Å². The number of nitro groups is 1. The zero-order valence-electron chi connectivity index (χ0n) is 22.9. The van der Waals surface area contributed by atoms with Crippen LogP contribution in [0.1, 0.15) is 99.0 Å². The van der Waals surface area contributed by atoms with E-state index in [0.717, 1.165) is 29.1 Å². The number of ether oxygens (including phenoxy) is 1. The largest absolute Gasteiger partial charge is 0.673 e. The molecular formula is C27H33BF4N4O3. The third-order valence-electron chi connectivity index (χ3n) is 7.24. The lowest BCUT2D eigenvalue weighted by molar-refractivity contribution is -0.739. The first-order valence-corrected chi connectivity index (χ1v) is 13.1. The summed E-state index contributed by atoms with van der Waals surface area (Å²) >= 11 is 0. The molecule has 210 valence electrons. The standard InChI is InChI=1S/C27H33N4O3.BF4/c1-15(2)19-9-21(16(3)4)26(22(10-19)17(5)6)30-14-29-25(28-30)13-34-24-11-18-7-8-20(31(32)33)12-23(18)27(24)29;2-1(3,4)5/h7-10,12,14-17,24,27H,11,13H2,1-6H3;/q+1;-1/t24-,27+;/m0./s1. The molecule has 39 heavy (non-hydrogen) atoms. The average molecular weight is 548 g/mol. The molecule has 0 radical (unpaired) electrons. The Hall–Kier alpha value is -3.28. The summed E-state index contributed by atoms with van der Waals surface area (Å²) in [6, 6.07) is 9.72. The zero-order chi connectivity index (χ0) is 28.8. The van der Waals surface area contributed by atoms with Gasteiger partial charge >= 0.3 is 13.1 Å². The van der Waals surface area contributed by atoms with Gasteiger partial charge in [0, 0.05) is 29.2 Å². The van der Waals surface area contributed by atoms with Crippen LogP contribution in [0.15, 0.2) is 36.7 Å². The van der Waals surface area contributed by atoms with E-state index in [1.165, 1.54) is 16.7 Å². The van der Waals surface area contributed by atoms with E-state index < -0.39 is 7.25 Å². The summed E-state index contributed by atoms with van der Waals surface area (Å²) in [4.78, 5) is 11.1. The number of nitrogens with zero attached hydrogens (tertiary/aromatic N) is 4. The van der Waals surface area contributed by atoms with E-state index in [0.29, 0.717) is 24.4 Å². The zero-order valence-corrected chi connectivity index (χ0v) is 22.9. The minimum Gasteiger partial charge on any atom is -0.418 e. The summed E-state index contributed by atoms with van der Waals surface area (Å²) in [6.07, 6.45) is 2.79. The Morgan fingerprint density at radius 1 is 1.03 bits per heavy atom. The highest BCUT2D eigenvalue weighted by molar-refractivity contribution is 6.50. The third kappa shape index (κ3) is 6.00. The summed E-state index contributed by atoms with van der Waals surface area (Å²) in [5.74, 6) is 1.98. The number of hydrogen-bond acceptors (Lipinski definition) is 4. The van der Waals surface area contributed by atoms with Crippen molar-refractivity contribution in [1.82, 2.24) is 9.78 Å². The average Bonchev–Trinajstić information content (AvgIpc) is 3.42. The Bertz CT molecular complexity index is 1350. The number of non-ortho nitro benzene ring substituents is 1. The number of hydrogen-bond donors (Lipinski definition) is 0. The molecule has 2 heterocycles. The van der Waals surface area contributed by atoms with Crippen LogP contribution < -0.4 is 4.57 Å². The van der Waals surface area contributed by atoms with Gasteiger partial charge in [-0.25, -0.2) is 4.57 Å². The molecule has 1 aromatic heterocycles. The van der Waals surface area contributed by atoms with Gasteiger partial charge in [0.2, 0.25) is 6.33 Å². The molecule has 0 saturated carbocycles. The van der Waals surface area contributed by atoms with Gasteiger partial charge in [0.1, 0.15) is 24.4 Å². The highest BCUT2D eigenvalue weighted by Gasteiger charge is 2.44. The van der Waals surface area contributed by atoms with Gasteiger partial charge < -0.3 is 22.0 Å². The van der Waals surface area contributed by atoms with E-state index >= 15 is 0 Å². The van der Waals surface area contributed by atoms with Gasteiger partial charge in [0.05, 0.1) is 4.92 Å². The highest BCUT2D eigenvalue weighted by atomic mass is 19.5.